The van der Waals surface area contributed by atoms with E-state index >= 15 is 0 Å². The number of rotatable bonds is 8. The Bertz CT molecular complexity index is 950. The first-order chi connectivity index (χ1) is 14.3. The van der Waals surface area contributed by atoms with E-state index in [0.29, 0.717) is 31.5 Å². The molecule has 0 aliphatic carbocycles. The van der Waals surface area contributed by atoms with Gasteiger partial charge in [0.1, 0.15) is 24.8 Å². The molecule has 3 aromatic rings. The van der Waals surface area contributed by atoms with Crippen LogP contribution < -0.4 is 20.1 Å². The highest BCUT2D eigenvalue weighted by atomic mass is 16.6. The third-order valence-corrected chi connectivity index (χ3v) is 4.40. The van der Waals surface area contributed by atoms with Crippen LogP contribution in [0.15, 0.2) is 54.6 Å². The summed E-state index contributed by atoms with van der Waals surface area (Å²) < 4.78 is 16.4. The van der Waals surface area contributed by atoms with Gasteiger partial charge in [-0.2, -0.15) is 0 Å². The lowest BCUT2D eigenvalue weighted by atomic mass is 10.2. The van der Waals surface area contributed by atoms with Crippen molar-refractivity contribution >= 4 is 17.3 Å². The first-order valence-corrected chi connectivity index (χ1v) is 9.66. The minimum atomic E-state index is 0.553. The average molecular weight is 392 g/mol. The lowest BCUT2D eigenvalue weighted by Gasteiger charge is -2.19. The van der Waals surface area contributed by atoms with Crippen LogP contribution in [0.3, 0.4) is 0 Å². The predicted molar refractivity (Wildman–Crippen MR) is 113 cm³/mol. The number of aromatic nitrogens is 2. The normalized spacial score (nSPS) is 12.4. The van der Waals surface area contributed by atoms with Crippen LogP contribution >= 0.6 is 0 Å². The number of fused-ring (bicyclic) bond motifs is 1. The fraction of sp³-hybridized carbons (Fsp3) is 0.273. The van der Waals surface area contributed by atoms with E-state index in [2.05, 4.69) is 15.6 Å². The van der Waals surface area contributed by atoms with Crippen LogP contribution in [-0.2, 0) is 4.74 Å². The van der Waals surface area contributed by atoms with Crippen LogP contribution in [0.2, 0.25) is 0 Å². The van der Waals surface area contributed by atoms with Gasteiger partial charge in [0, 0.05) is 43.6 Å². The van der Waals surface area contributed by atoms with Crippen molar-refractivity contribution in [2.45, 2.75) is 6.42 Å². The summed E-state index contributed by atoms with van der Waals surface area (Å²) in [6.07, 6.45) is 0.895. The van der Waals surface area contributed by atoms with Gasteiger partial charge in [0.15, 0.2) is 17.3 Å². The van der Waals surface area contributed by atoms with Gasteiger partial charge in [-0.15, -0.1) is 0 Å². The summed E-state index contributed by atoms with van der Waals surface area (Å²) >= 11 is 0. The topological polar surface area (TPSA) is 77.5 Å². The summed E-state index contributed by atoms with van der Waals surface area (Å²) in [4.78, 5) is 9.36. The first kappa shape index (κ1) is 19.0. The van der Waals surface area contributed by atoms with Gasteiger partial charge in [0.25, 0.3) is 0 Å². The van der Waals surface area contributed by atoms with Crippen molar-refractivity contribution in [3.8, 4) is 22.9 Å². The summed E-state index contributed by atoms with van der Waals surface area (Å²) in [7, 11) is 1.70. The highest BCUT2D eigenvalue weighted by Gasteiger charge is 2.13. The largest absolute Gasteiger partial charge is 0.486 e. The van der Waals surface area contributed by atoms with Gasteiger partial charge in [0.2, 0.25) is 0 Å². The Morgan fingerprint density at radius 2 is 1.72 bits per heavy atom. The molecule has 1 aliphatic heterocycles. The number of nitrogens with one attached hydrogen (secondary N) is 2. The molecule has 0 spiro atoms. The van der Waals surface area contributed by atoms with E-state index in [-0.39, 0.29) is 0 Å². The number of nitrogens with zero attached hydrogens (tertiary/aromatic N) is 2. The third-order valence-electron chi connectivity index (χ3n) is 4.40. The van der Waals surface area contributed by atoms with E-state index in [1.54, 1.807) is 7.11 Å². The summed E-state index contributed by atoms with van der Waals surface area (Å²) in [5, 5.41) is 6.70. The van der Waals surface area contributed by atoms with Crippen LogP contribution in [0, 0.1) is 0 Å². The molecule has 150 valence electrons. The van der Waals surface area contributed by atoms with Crippen LogP contribution in [0.25, 0.3) is 11.4 Å². The molecule has 2 aromatic carbocycles. The first-order valence-electron chi connectivity index (χ1n) is 9.66. The smallest absolute Gasteiger partial charge is 0.163 e. The standard InChI is InChI=1S/C22H24N4O3/c1-27-11-5-10-23-20-15-21(26-22(25-20)16-6-3-2-4-7-16)24-17-8-9-18-19(14-17)29-13-12-28-18/h2-4,6-9,14-15H,5,10-13H2,1H3,(H2,23,24,25,26). The quantitative estimate of drug-likeness (QED) is 0.559. The average Bonchev–Trinajstić information content (AvgIpc) is 2.77. The zero-order valence-electron chi connectivity index (χ0n) is 16.4. The molecule has 7 heteroatoms. The minimum absolute atomic E-state index is 0.553. The Balaban J connectivity index is 1.59. The molecule has 0 radical (unpaired) electrons. The Hall–Kier alpha value is -3.32. The highest BCUT2D eigenvalue weighted by molar-refractivity contribution is 5.67. The number of anilines is 3. The molecule has 2 heterocycles. The lowest BCUT2D eigenvalue weighted by molar-refractivity contribution is 0.171. The zero-order chi connectivity index (χ0) is 19.9. The Morgan fingerprint density at radius 3 is 2.55 bits per heavy atom. The molecule has 0 saturated heterocycles. The van der Waals surface area contributed by atoms with Crippen LogP contribution in [0.1, 0.15) is 6.42 Å². The summed E-state index contributed by atoms with van der Waals surface area (Å²) in [6.45, 7) is 2.59. The predicted octanol–water partition coefficient (Wildman–Crippen LogP) is 4.11. The van der Waals surface area contributed by atoms with E-state index < -0.39 is 0 Å². The SMILES string of the molecule is COCCCNc1cc(Nc2ccc3c(c2)OCCO3)nc(-c2ccccc2)n1. The Morgan fingerprint density at radius 1 is 0.931 bits per heavy atom. The second-order valence-electron chi connectivity index (χ2n) is 6.58. The molecule has 2 N–H and O–H groups in total. The van der Waals surface area contributed by atoms with Crippen molar-refractivity contribution in [3.05, 3.63) is 54.6 Å². The minimum Gasteiger partial charge on any atom is -0.486 e. The molecular formula is C22H24N4O3. The molecule has 0 atom stereocenters. The molecular weight excluding hydrogens is 368 g/mol. The van der Waals surface area contributed by atoms with Crippen LogP contribution in [0.4, 0.5) is 17.3 Å². The van der Waals surface area contributed by atoms with Crippen molar-refractivity contribution < 1.29 is 14.2 Å². The summed E-state index contributed by atoms with van der Waals surface area (Å²) in [5.41, 5.74) is 1.83. The molecule has 0 saturated carbocycles. The molecule has 7 nitrogen and oxygen atoms in total. The molecule has 0 amide bonds. The second kappa shape index (κ2) is 9.25. The van der Waals surface area contributed by atoms with E-state index in [0.717, 1.165) is 41.5 Å². The second-order valence-corrected chi connectivity index (χ2v) is 6.58. The van der Waals surface area contributed by atoms with E-state index in [4.69, 9.17) is 19.2 Å². The van der Waals surface area contributed by atoms with Crippen molar-refractivity contribution in [3.63, 3.8) is 0 Å². The van der Waals surface area contributed by atoms with Crippen molar-refractivity contribution in [1.29, 1.82) is 0 Å². The number of methoxy groups -OCH3 is 1. The molecule has 0 bridgehead atoms. The van der Waals surface area contributed by atoms with E-state index in [1.165, 1.54) is 0 Å². The highest BCUT2D eigenvalue weighted by Crippen LogP contribution is 2.33. The molecule has 29 heavy (non-hydrogen) atoms. The molecule has 0 fully saturated rings. The number of benzene rings is 2. The third kappa shape index (κ3) is 4.94. The molecule has 1 aliphatic rings. The maximum Gasteiger partial charge on any atom is 0.163 e. The Labute approximate surface area is 170 Å². The van der Waals surface area contributed by atoms with Gasteiger partial charge >= 0.3 is 0 Å². The van der Waals surface area contributed by atoms with Crippen molar-refractivity contribution in [2.24, 2.45) is 0 Å². The number of hydrogen-bond donors (Lipinski definition) is 2. The zero-order valence-corrected chi connectivity index (χ0v) is 16.4. The summed E-state index contributed by atoms with van der Waals surface area (Å²) in [5.74, 6) is 3.61. The summed E-state index contributed by atoms with van der Waals surface area (Å²) in [6, 6.07) is 17.6. The monoisotopic (exact) mass is 392 g/mol. The van der Waals surface area contributed by atoms with Gasteiger partial charge in [-0.3, -0.25) is 0 Å². The molecule has 0 unspecified atom stereocenters. The maximum absolute atomic E-state index is 5.67. The van der Waals surface area contributed by atoms with Gasteiger partial charge in [-0.25, -0.2) is 9.97 Å². The van der Waals surface area contributed by atoms with E-state index in [1.807, 2.05) is 54.6 Å². The van der Waals surface area contributed by atoms with Crippen molar-refractivity contribution in [2.75, 3.05) is 44.1 Å². The van der Waals surface area contributed by atoms with Crippen molar-refractivity contribution in [1.82, 2.24) is 9.97 Å². The van der Waals surface area contributed by atoms with Gasteiger partial charge in [-0.05, 0) is 18.6 Å². The maximum atomic E-state index is 5.67. The van der Waals surface area contributed by atoms with Crippen LogP contribution in [0.5, 0.6) is 11.5 Å². The molecule has 1 aromatic heterocycles. The number of hydrogen-bond acceptors (Lipinski definition) is 7. The lowest BCUT2D eigenvalue weighted by Crippen LogP contribution is -2.15. The van der Waals surface area contributed by atoms with Gasteiger partial charge in [-0.1, -0.05) is 30.3 Å². The van der Waals surface area contributed by atoms with Gasteiger partial charge in [0.05, 0.1) is 0 Å². The van der Waals surface area contributed by atoms with Gasteiger partial charge < -0.3 is 24.8 Å². The Kier molecular flexibility index (Phi) is 6.07. The fourth-order valence-electron chi connectivity index (χ4n) is 3.02. The fourth-order valence-corrected chi connectivity index (χ4v) is 3.02. The molecule has 4 rings (SSSR count). The van der Waals surface area contributed by atoms with Crippen LogP contribution in [-0.4, -0.2) is 43.4 Å². The van der Waals surface area contributed by atoms with E-state index in [9.17, 15) is 0 Å². The number of ether oxygens (including phenoxy) is 3.